The Morgan fingerprint density at radius 3 is 2.65 bits per heavy atom. The number of rotatable bonds is 2. The molecule has 1 aromatic heterocycles. The van der Waals surface area contributed by atoms with Crippen molar-refractivity contribution in [2.75, 3.05) is 11.6 Å². The Balaban J connectivity index is 0.000000171. The number of nitrogens with one attached hydrogen (secondary N) is 1. The van der Waals surface area contributed by atoms with Crippen molar-refractivity contribution in [2.45, 2.75) is 6.04 Å². The molecule has 0 bridgehead atoms. The highest BCUT2D eigenvalue weighted by atomic mass is 32.2. The molecule has 0 aromatic carbocycles. The number of primary amides is 1. The van der Waals surface area contributed by atoms with Crippen molar-refractivity contribution in [3.63, 3.8) is 0 Å². The summed E-state index contributed by atoms with van der Waals surface area (Å²) in [6.07, 6.45) is 3.02. The number of nitrogens with two attached hydrogens (primary N) is 1. The second kappa shape index (κ2) is 6.87. The standard InChI is InChI=1S/C6H6N2O.C4H7NO2S/c7-6(9)5-2-1-3-8-4-5;6-4(7)3-1-8-2-5-3/h1-4H,(H2,7,9);3,5H,1-2H2,(H,6,7). The number of pyridine rings is 1. The van der Waals surface area contributed by atoms with Gasteiger partial charge in [0.1, 0.15) is 6.04 Å². The molecule has 0 spiro atoms. The van der Waals surface area contributed by atoms with Gasteiger partial charge in [0.2, 0.25) is 5.91 Å². The smallest absolute Gasteiger partial charge is 0.321 e. The first-order valence-electron chi connectivity index (χ1n) is 4.85. The molecule has 4 N–H and O–H groups in total. The van der Waals surface area contributed by atoms with Gasteiger partial charge in [0.15, 0.2) is 0 Å². The lowest BCUT2D eigenvalue weighted by atomic mass is 10.3. The highest BCUT2D eigenvalue weighted by Crippen LogP contribution is 2.08. The predicted octanol–water partition coefficient (Wildman–Crippen LogP) is -0.0860. The molecule has 1 atom stereocenters. The number of nitrogens with zero attached hydrogens (tertiary/aromatic N) is 1. The molecule has 92 valence electrons. The zero-order valence-corrected chi connectivity index (χ0v) is 9.81. The van der Waals surface area contributed by atoms with E-state index in [4.69, 9.17) is 10.8 Å². The van der Waals surface area contributed by atoms with Crippen LogP contribution in [0.2, 0.25) is 0 Å². The van der Waals surface area contributed by atoms with Crippen LogP contribution in [0, 0.1) is 0 Å². The lowest BCUT2D eigenvalue weighted by Crippen LogP contribution is -2.32. The fraction of sp³-hybridized carbons (Fsp3) is 0.300. The minimum atomic E-state index is -0.741. The fourth-order valence-corrected chi connectivity index (χ4v) is 2.00. The average Bonchev–Trinajstić information content (AvgIpc) is 2.84. The van der Waals surface area contributed by atoms with Crippen molar-refractivity contribution >= 4 is 23.6 Å². The highest BCUT2D eigenvalue weighted by molar-refractivity contribution is 7.99. The number of hydrogen-bond acceptors (Lipinski definition) is 5. The zero-order chi connectivity index (χ0) is 12.7. The topological polar surface area (TPSA) is 105 Å². The van der Waals surface area contributed by atoms with Crippen molar-refractivity contribution in [3.8, 4) is 0 Å². The minimum absolute atomic E-state index is 0.306. The Hall–Kier alpha value is -1.60. The molecule has 0 saturated carbocycles. The maximum absolute atomic E-state index is 10.4. The first-order chi connectivity index (χ1) is 8.11. The summed E-state index contributed by atoms with van der Waals surface area (Å²) in [4.78, 5) is 24.2. The number of amides is 1. The lowest BCUT2D eigenvalue weighted by molar-refractivity contribution is -0.138. The van der Waals surface area contributed by atoms with Gasteiger partial charge in [-0.2, -0.15) is 0 Å². The molecule has 1 aromatic rings. The summed E-state index contributed by atoms with van der Waals surface area (Å²) in [5, 5.41) is 11.2. The molecular formula is C10H13N3O3S. The molecule has 0 aliphatic carbocycles. The summed E-state index contributed by atoms with van der Waals surface area (Å²) in [7, 11) is 0. The molecular weight excluding hydrogens is 242 g/mol. The first-order valence-corrected chi connectivity index (χ1v) is 6.00. The lowest BCUT2D eigenvalue weighted by Gasteiger charge is -1.98. The van der Waals surface area contributed by atoms with Crippen LogP contribution in [0.25, 0.3) is 0 Å². The van der Waals surface area contributed by atoms with E-state index >= 15 is 0 Å². The van der Waals surface area contributed by atoms with Gasteiger partial charge in [-0.25, -0.2) is 0 Å². The summed E-state index contributed by atoms with van der Waals surface area (Å²) in [5.74, 6) is 0.296. The van der Waals surface area contributed by atoms with E-state index in [1.165, 1.54) is 6.20 Å². The van der Waals surface area contributed by atoms with Gasteiger partial charge in [-0.05, 0) is 12.1 Å². The molecule has 2 heterocycles. The van der Waals surface area contributed by atoms with Crippen LogP contribution in [0.4, 0.5) is 0 Å². The largest absolute Gasteiger partial charge is 0.480 e. The second-order valence-corrected chi connectivity index (χ2v) is 4.25. The molecule has 1 saturated heterocycles. The van der Waals surface area contributed by atoms with Gasteiger partial charge < -0.3 is 10.8 Å². The van der Waals surface area contributed by atoms with Crippen LogP contribution >= 0.6 is 11.8 Å². The monoisotopic (exact) mass is 255 g/mol. The number of carboxylic acids is 1. The van der Waals surface area contributed by atoms with Crippen LogP contribution in [-0.2, 0) is 4.79 Å². The van der Waals surface area contributed by atoms with Crippen molar-refractivity contribution in [2.24, 2.45) is 5.73 Å². The summed E-state index contributed by atoms with van der Waals surface area (Å²) < 4.78 is 0. The molecule has 1 aliphatic heterocycles. The van der Waals surface area contributed by atoms with E-state index < -0.39 is 11.9 Å². The van der Waals surface area contributed by atoms with E-state index in [0.29, 0.717) is 11.3 Å². The number of hydrogen-bond donors (Lipinski definition) is 3. The van der Waals surface area contributed by atoms with E-state index in [-0.39, 0.29) is 6.04 Å². The molecule has 2 rings (SSSR count). The van der Waals surface area contributed by atoms with Crippen LogP contribution in [0.3, 0.4) is 0 Å². The van der Waals surface area contributed by atoms with E-state index in [1.54, 1.807) is 30.1 Å². The Kier molecular flexibility index (Phi) is 5.44. The van der Waals surface area contributed by atoms with E-state index in [0.717, 1.165) is 5.88 Å². The Morgan fingerprint density at radius 2 is 2.35 bits per heavy atom. The van der Waals surface area contributed by atoms with Gasteiger partial charge in [-0.15, -0.1) is 11.8 Å². The van der Waals surface area contributed by atoms with Gasteiger partial charge in [0, 0.05) is 24.0 Å². The van der Waals surface area contributed by atoms with Crippen LogP contribution in [0.5, 0.6) is 0 Å². The van der Waals surface area contributed by atoms with Crippen LogP contribution < -0.4 is 11.1 Å². The predicted molar refractivity (Wildman–Crippen MR) is 64.6 cm³/mol. The van der Waals surface area contributed by atoms with Crippen LogP contribution in [0.1, 0.15) is 10.4 Å². The third kappa shape index (κ3) is 4.83. The second-order valence-electron chi connectivity index (χ2n) is 3.22. The van der Waals surface area contributed by atoms with E-state index in [2.05, 4.69) is 10.3 Å². The van der Waals surface area contributed by atoms with Crippen molar-refractivity contribution in [1.82, 2.24) is 10.3 Å². The highest BCUT2D eigenvalue weighted by Gasteiger charge is 2.20. The van der Waals surface area contributed by atoms with Crippen molar-refractivity contribution in [1.29, 1.82) is 0 Å². The maximum Gasteiger partial charge on any atom is 0.321 e. The van der Waals surface area contributed by atoms with Gasteiger partial charge in [0.05, 0.1) is 5.56 Å². The van der Waals surface area contributed by atoms with Gasteiger partial charge in [-0.1, -0.05) is 0 Å². The van der Waals surface area contributed by atoms with Crippen LogP contribution in [-0.4, -0.2) is 39.6 Å². The fourth-order valence-electron chi connectivity index (χ4n) is 1.06. The number of carbonyl (C=O) groups excluding carboxylic acids is 1. The molecule has 7 heteroatoms. The van der Waals surface area contributed by atoms with Gasteiger partial charge in [0.25, 0.3) is 0 Å². The third-order valence-corrected chi connectivity index (χ3v) is 2.90. The van der Waals surface area contributed by atoms with Crippen molar-refractivity contribution < 1.29 is 14.7 Å². The average molecular weight is 255 g/mol. The van der Waals surface area contributed by atoms with Crippen molar-refractivity contribution in [3.05, 3.63) is 30.1 Å². The van der Waals surface area contributed by atoms with Crippen LogP contribution in [0.15, 0.2) is 24.5 Å². The quantitative estimate of drug-likeness (QED) is 0.682. The van der Waals surface area contributed by atoms with Gasteiger partial charge in [-0.3, -0.25) is 19.9 Å². The minimum Gasteiger partial charge on any atom is -0.480 e. The molecule has 0 radical (unpaired) electrons. The first kappa shape index (κ1) is 13.5. The summed E-state index contributed by atoms with van der Waals surface area (Å²) in [6.45, 7) is 0. The maximum atomic E-state index is 10.4. The molecule has 17 heavy (non-hydrogen) atoms. The third-order valence-electron chi connectivity index (χ3n) is 1.96. The summed E-state index contributed by atoms with van der Waals surface area (Å²) in [5.41, 5.74) is 5.38. The summed E-state index contributed by atoms with van der Waals surface area (Å²) in [6, 6.07) is 2.98. The number of carboxylic acid groups (broad SMARTS) is 1. The number of aromatic nitrogens is 1. The van der Waals surface area contributed by atoms with E-state index in [1.807, 2.05) is 0 Å². The Labute approximate surface area is 103 Å². The Bertz CT molecular complexity index is 380. The number of aliphatic carboxylic acids is 1. The molecule has 1 aliphatic rings. The molecule has 1 fully saturated rings. The van der Waals surface area contributed by atoms with E-state index in [9.17, 15) is 9.59 Å². The molecule has 1 amide bonds. The SMILES string of the molecule is NC(=O)c1cccnc1.O=C(O)C1CSCN1. The van der Waals surface area contributed by atoms with Gasteiger partial charge >= 0.3 is 5.97 Å². The molecule has 1 unspecified atom stereocenters. The molecule has 6 nitrogen and oxygen atoms in total. The number of thioether (sulfide) groups is 1. The summed E-state index contributed by atoms with van der Waals surface area (Å²) >= 11 is 1.62. The normalized spacial score (nSPS) is 18.0. The number of carbonyl (C=O) groups is 2. The Morgan fingerprint density at radius 1 is 1.59 bits per heavy atom. The zero-order valence-electron chi connectivity index (χ0n) is 9.00.